The van der Waals surface area contributed by atoms with Crippen molar-refractivity contribution >= 4 is 11.6 Å². The summed E-state index contributed by atoms with van der Waals surface area (Å²) in [6.07, 6.45) is 1.70. The van der Waals surface area contributed by atoms with Crippen LogP contribution in [0.15, 0.2) is 34.9 Å². The highest BCUT2D eigenvalue weighted by Crippen LogP contribution is 2.28. The first kappa shape index (κ1) is 11.2. The molecule has 1 aromatic carbocycles. The Hall–Kier alpha value is -1.25. The maximum Gasteiger partial charge on any atom is 0.125 e. The molecule has 84 valence electrons. The molecular weight excluding hydrogens is 222 g/mol. The number of benzene rings is 1. The van der Waals surface area contributed by atoms with Gasteiger partial charge in [-0.3, -0.25) is 0 Å². The van der Waals surface area contributed by atoms with Crippen molar-refractivity contribution in [3.05, 3.63) is 46.9 Å². The molecular formula is C13H14ClNO. The molecule has 0 aliphatic carbocycles. The van der Waals surface area contributed by atoms with Gasteiger partial charge in [-0.2, -0.15) is 0 Å². The number of rotatable bonds is 3. The van der Waals surface area contributed by atoms with Crippen molar-refractivity contribution in [3.8, 4) is 11.1 Å². The molecule has 0 aliphatic heterocycles. The monoisotopic (exact) mass is 235 g/mol. The molecule has 1 heterocycles. The molecule has 2 rings (SSSR count). The number of nitrogens with one attached hydrogen (secondary N) is 1. The molecule has 2 aromatic rings. The van der Waals surface area contributed by atoms with Gasteiger partial charge < -0.3 is 9.73 Å². The second-order valence-electron chi connectivity index (χ2n) is 3.75. The molecule has 1 aromatic heterocycles. The van der Waals surface area contributed by atoms with Crippen LogP contribution in [0.25, 0.3) is 11.1 Å². The molecule has 0 atom stereocenters. The topological polar surface area (TPSA) is 25.2 Å². The number of hydrogen-bond acceptors (Lipinski definition) is 2. The van der Waals surface area contributed by atoms with Gasteiger partial charge in [-0.1, -0.05) is 23.7 Å². The molecule has 0 fully saturated rings. The van der Waals surface area contributed by atoms with Crippen LogP contribution in [0.4, 0.5) is 0 Å². The van der Waals surface area contributed by atoms with Crippen LogP contribution in [0.3, 0.4) is 0 Å². The largest absolute Gasteiger partial charge is 0.467 e. The van der Waals surface area contributed by atoms with E-state index in [0.717, 1.165) is 27.5 Å². The Balaban J connectivity index is 2.42. The smallest absolute Gasteiger partial charge is 0.125 e. The Morgan fingerprint density at radius 2 is 2.12 bits per heavy atom. The van der Waals surface area contributed by atoms with Gasteiger partial charge >= 0.3 is 0 Å². The lowest BCUT2D eigenvalue weighted by Gasteiger charge is -2.04. The van der Waals surface area contributed by atoms with Crippen LogP contribution in [0.2, 0.25) is 5.02 Å². The van der Waals surface area contributed by atoms with Gasteiger partial charge in [0.1, 0.15) is 5.76 Å². The van der Waals surface area contributed by atoms with Gasteiger partial charge in [0, 0.05) is 10.6 Å². The highest BCUT2D eigenvalue weighted by atomic mass is 35.5. The van der Waals surface area contributed by atoms with Crippen LogP contribution in [0, 0.1) is 6.92 Å². The summed E-state index contributed by atoms with van der Waals surface area (Å²) < 4.78 is 5.42. The third kappa shape index (κ3) is 2.13. The van der Waals surface area contributed by atoms with Crippen molar-refractivity contribution in [3.63, 3.8) is 0 Å². The van der Waals surface area contributed by atoms with Gasteiger partial charge in [-0.25, -0.2) is 0 Å². The minimum absolute atomic E-state index is 0.716. The summed E-state index contributed by atoms with van der Waals surface area (Å²) in [6, 6.07) is 8.02. The zero-order chi connectivity index (χ0) is 11.5. The molecule has 0 saturated heterocycles. The van der Waals surface area contributed by atoms with Crippen LogP contribution in [-0.2, 0) is 6.54 Å². The predicted octanol–water partition coefficient (Wildman–Crippen LogP) is 3.63. The minimum Gasteiger partial charge on any atom is -0.467 e. The third-order valence-corrected chi connectivity index (χ3v) is 2.97. The van der Waals surface area contributed by atoms with Gasteiger partial charge in [0.2, 0.25) is 0 Å². The Morgan fingerprint density at radius 1 is 1.31 bits per heavy atom. The Morgan fingerprint density at radius 3 is 2.81 bits per heavy atom. The predicted molar refractivity (Wildman–Crippen MR) is 66.7 cm³/mol. The van der Waals surface area contributed by atoms with Crippen molar-refractivity contribution in [2.24, 2.45) is 0 Å². The Bertz CT molecular complexity index is 490. The van der Waals surface area contributed by atoms with Crippen LogP contribution >= 0.6 is 11.6 Å². The molecule has 16 heavy (non-hydrogen) atoms. The molecule has 0 amide bonds. The van der Waals surface area contributed by atoms with Crippen molar-refractivity contribution in [2.45, 2.75) is 13.5 Å². The van der Waals surface area contributed by atoms with Crippen LogP contribution in [0.1, 0.15) is 11.3 Å². The standard InChI is InChI=1S/C13H14ClNO/c1-9-3-4-10(7-12(9)14)11-5-6-16-13(11)8-15-2/h3-7,15H,8H2,1-2H3. The van der Waals surface area contributed by atoms with Crippen LogP contribution in [-0.4, -0.2) is 7.05 Å². The van der Waals surface area contributed by atoms with Gasteiger partial charge in [-0.05, 0) is 37.2 Å². The van der Waals surface area contributed by atoms with Gasteiger partial charge in [0.05, 0.1) is 12.8 Å². The van der Waals surface area contributed by atoms with E-state index in [1.165, 1.54) is 0 Å². The molecule has 1 N–H and O–H groups in total. The first-order valence-corrected chi connectivity index (χ1v) is 5.57. The first-order chi connectivity index (χ1) is 7.72. The second kappa shape index (κ2) is 4.73. The first-order valence-electron chi connectivity index (χ1n) is 5.20. The zero-order valence-electron chi connectivity index (χ0n) is 9.38. The van der Waals surface area contributed by atoms with E-state index in [2.05, 4.69) is 11.4 Å². The fraction of sp³-hybridized carbons (Fsp3) is 0.231. The fourth-order valence-corrected chi connectivity index (χ4v) is 1.84. The maximum atomic E-state index is 6.11. The van der Waals surface area contributed by atoms with Gasteiger partial charge in [0.25, 0.3) is 0 Å². The molecule has 0 spiro atoms. The summed E-state index contributed by atoms with van der Waals surface area (Å²) in [5, 5.41) is 3.87. The highest BCUT2D eigenvalue weighted by Gasteiger charge is 2.08. The lowest BCUT2D eigenvalue weighted by atomic mass is 10.0. The van der Waals surface area contributed by atoms with E-state index < -0.39 is 0 Å². The van der Waals surface area contributed by atoms with E-state index in [1.54, 1.807) is 6.26 Å². The van der Waals surface area contributed by atoms with Gasteiger partial charge in [0.15, 0.2) is 0 Å². The summed E-state index contributed by atoms with van der Waals surface area (Å²) in [7, 11) is 1.90. The summed E-state index contributed by atoms with van der Waals surface area (Å²) in [6.45, 7) is 2.71. The summed E-state index contributed by atoms with van der Waals surface area (Å²) in [4.78, 5) is 0. The minimum atomic E-state index is 0.716. The molecule has 0 unspecified atom stereocenters. The van der Waals surface area contributed by atoms with Gasteiger partial charge in [-0.15, -0.1) is 0 Å². The van der Waals surface area contributed by atoms with E-state index >= 15 is 0 Å². The molecule has 0 bridgehead atoms. The zero-order valence-corrected chi connectivity index (χ0v) is 10.1. The summed E-state index contributed by atoms with van der Waals surface area (Å²) in [5.74, 6) is 0.933. The quantitative estimate of drug-likeness (QED) is 0.879. The summed E-state index contributed by atoms with van der Waals surface area (Å²) >= 11 is 6.11. The van der Waals surface area contributed by atoms with Crippen molar-refractivity contribution in [1.82, 2.24) is 5.32 Å². The van der Waals surface area contributed by atoms with Crippen LogP contribution in [0.5, 0.6) is 0 Å². The number of furan rings is 1. The molecule has 3 heteroatoms. The number of halogens is 1. The van der Waals surface area contributed by atoms with E-state index in [0.29, 0.717) is 6.54 Å². The maximum absolute atomic E-state index is 6.11. The van der Waals surface area contributed by atoms with E-state index in [4.69, 9.17) is 16.0 Å². The summed E-state index contributed by atoms with van der Waals surface area (Å²) in [5.41, 5.74) is 3.27. The average molecular weight is 236 g/mol. The van der Waals surface area contributed by atoms with E-state index in [1.807, 2.05) is 32.2 Å². The lowest BCUT2D eigenvalue weighted by Crippen LogP contribution is -2.04. The van der Waals surface area contributed by atoms with Crippen molar-refractivity contribution in [2.75, 3.05) is 7.05 Å². The lowest BCUT2D eigenvalue weighted by molar-refractivity contribution is 0.497. The Kier molecular flexibility index (Phi) is 3.32. The van der Waals surface area contributed by atoms with Crippen molar-refractivity contribution in [1.29, 1.82) is 0 Å². The normalized spacial score (nSPS) is 10.7. The van der Waals surface area contributed by atoms with E-state index in [-0.39, 0.29) is 0 Å². The average Bonchev–Trinajstić information content (AvgIpc) is 2.71. The molecule has 0 saturated carbocycles. The van der Waals surface area contributed by atoms with Crippen LogP contribution < -0.4 is 5.32 Å². The third-order valence-electron chi connectivity index (χ3n) is 2.57. The molecule has 0 radical (unpaired) electrons. The molecule has 0 aliphatic rings. The molecule has 2 nitrogen and oxygen atoms in total. The van der Waals surface area contributed by atoms with E-state index in [9.17, 15) is 0 Å². The second-order valence-corrected chi connectivity index (χ2v) is 4.16. The number of aryl methyl sites for hydroxylation is 1. The Labute approximate surface area is 100 Å². The highest BCUT2D eigenvalue weighted by molar-refractivity contribution is 6.31. The SMILES string of the molecule is CNCc1occc1-c1ccc(C)c(Cl)c1. The fourth-order valence-electron chi connectivity index (χ4n) is 1.66. The number of hydrogen-bond donors (Lipinski definition) is 1. The van der Waals surface area contributed by atoms with Crippen molar-refractivity contribution < 1.29 is 4.42 Å².